The average molecular weight is 399 g/mol. The maximum Gasteiger partial charge on any atom is 0.227 e. The molecule has 0 fully saturated rings. The molecule has 28 heavy (non-hydrogen) atoms. The smallest absolute Gasteiger partial charge is 0.227 e. The van der Waals surface area contributed by atoms with E-state index in [4.69, 9.17) is 20.5 Å². The van der Waals surface area contributed by atoms with Crippen LogP contribution in [0.2, 0.25) is 5.02 Å². The van der Waals surface area contributed by atoms with Gasteiger partial charge < -0.3 is 8.94 Å². The molecule has 1 aromatic carbocycles. The lowest BCUT2D eigenvalue weighted by molar-refractivity contribution is -0.116. The molecule has 0 radical (unpaired) electrons. The minimum atomic E-state index is -0.419. The first kappa shape index (κ1) is 19.3. The van der Waals surface area contributed by atoms with Crippen LogP contribution in [0.25, 0.3) is 11.4 Å². The number of anilines is 1. The van der Waals surface area contributed by atoms with Crippen molar-refractivity contribution in [2.24, 2.45) is 0 Å². The molecule has 0 aliphatic rings. The number of nitriles is 1. The van der Waals surface area contributed by atoms with E-state index in [1.807, 2.05) is 6.07 Å². The monoisotopic (exact) mass is 398 g/mol. The lowest BCUT2D eigenvalue weighted by atomic mass is 10.1. The zero-order valence-electron chi connectivity index (χ0n) is 15.1. The van der Waals surface area contributed by atoms with Crippen molar-refractivity contribution in [3.05, 3.63) is 52.1 Å². The van der Waals surface area contributed by atoms with E-state index in [9.17, 15) is 14.9 Å². The third kappa shape index (κ3) is 3.94. The first-order chi connectivity index (χ1) is 13.4. The summed E-state index contributed by atoms with van der Waals surface area (Å²) in [6, 6.07) is 8.96. The van der Waals surface area contributed by atoms with Crippen LogP contribution in [0.4, 0.5) is 5.88 Å². The molecule has 1 N–H and O–H groups in total. The Morgan fingerprint density at radius 3 is 2.75 bits per heavy atom. The van der Waals surface area contributed by atoms with E-state index >= 15 is 0 Å². The third-order valence-electron chi connectivity index (χ3n) is 3.95. The van der Waals surface area contributed by atoms with Crippen molar-refractivity contribution in [3.63, 3.8) is 0 Å². The molecule has 0 aliphatic carbocycles. The highest BCUT2D eigenvalue weighted by Crippen LogP contribution is 2.27. The van der Waals surface area contributed by atoms with E-state index in [-0.39, 0.29) is 47.3 Å². The number of hydrogen-bond donors (Lipinski definition) is 1. The fraction of sp³-hybridized carbons (Fsp3) is 0.211. The van der Waals surface area contributed by atoms with Gasteiger partial charge in [-0.3, -0.25) is 14.9 Å². The van der Waals surface area contributed by atoms with Crippen LogP contribution in [0.1, 0.15) is 40.9 Å². The Balaban J connectivity index is 1.66. The highest BCUT2D eigenvalue weighted by Gasteiger charge is 2.22. The van der Waals surface area contributed by atoms with Crippen LogP contribution < -0.4 is 5.32 Å². The van der Waals surface area contributed by atoms with E-state index in [1.54, 1.807) is 31.2 Å². The van der Waals surface area contributed by atoms with Gasteiger partial charge in [0.1, 0.15) is 17.4 Å². The zero-order valence-corrected chi connectivity index (χ0v) is 15.8. The Bertz CT molecular complexity index is 1090. The number of hydrogen-bond acceptors (Lipinski definition) is 7. The van der Waals surface area contributed by atoms with E-state index in [0.29, 0.717) is 16.4 Å². The van der Waals surface area contributed by atoms with Crippen molar-refractivity contribution in [1.82, 2.24) is 10.1 Å². The molecule has 9 heteroatoms. The molecule has 0 atom stereocenters. The number of carbonyl (C=O) groups excluding carboxylic acids is 2. The van der Waals surface area contributed by atoms with Crippen molar-refractivity contribution >= 4 is 29.2 Å². The molecule has 0 aliphatic heterocycles. The molecule has 3 aromatic rings. The van der Waals surface area contributed by atoms with Gasteiger partial charge in [0.15, 0.2) is 5.78 Å². The standard InChI is InChI=1S/C19H15ClN4O4/c1-10(25)17-11(2)27-19(13(17)9-21)22-15(26)7-8-16-23-18(24-28-16)12-5-3-4-6-14(12)20/h3-6H,7-8H2,1-2H3,(H,22,26). The molecule has 0 bridgehead atoms. The summed E-state index contributed by atoms with van der Waals surface area (Å²) in [5.41, 5.74) is 0.807. The molecule has 0 saturated heterocycles. The summed E-state index contributed by atoms with van der Waals surface area (Å²) in [7, 11) is 0. The number of nitrogens with zero attached hydrogens (tertiary/aromatic N) is 3. The highest BCUT2D eigenvalue weighted by molar-refractivity contribution is 6.33. The first-order valence-corrected chi connectivity index (χ1v) is 8.70. The molecule has 0 unspecified atom stereocenters. The van der Waals surface area contributed by atoms with Gasteiger partial charge in [-0.15, -0.1) is 0 Å². The summed E-state index contributed by atoms with van der Waals surface area (Å²) in [6.07, 6.45) is 0.203. The van der Waals surface area contributed by atoms with Gasteiger partial charge in [-0.05, 0) is 26.0 Å². The normalized spacial score (nSPS) is 10.5. The summed E-state index contributed by atoms with van der Waals surface area (Å²) in [5, 5.41) is 16.1. The number of amides is 1. The van der Waals surface area contributed by atoms with Crippen LogP contribution >= 0.6 is 11.6 Å². The second-order valence-electron chi connectivity index (χ2n) is 5.95. The van der Waals surface area contributed by atoms with Crippen molar-refractivity contribution in [3.8, 4) is 17.5 Å². The molecule has 2 aromatic heterocycles. The summed E-state index contributed by atoms with van der Waals surface area (Å²) in [4.78, 5) is 28.1. The summed E-state index contributed by atoms with van der Waals surface area (Å²) < 4.78 is 10.5. The van der Waals surface area contributed by atoms with Gasteiger partial charge in [-0.25, -0.2) is 0 Å². The Morgan fingerprint density at radius 1 is 1.32 bits per heavy atom. The molecular formula is C19H15ClN4O4. The molecule has 8 nitrogen and oxygen atoms in total. The van der Waals surface area contributed by atoms with E-state index in [0.717, 1.165) is 0 Å². The topological polar surface area (TPSA) is 122 Å². The van der Waals surface area contributed by atoms with Crippen molar-refractivity contribution in [1.29, 1.82) is 5.26 Å². The second-order valence-corrected chi connectivity index (χ2v) is 6.35. The summed E-state index contributed by atoms with van der Waals surface area (Å²) in [6.45, 7) is 2.89. The van der Waals surface area contributed by atoms with Gasteiger partial charge in [-0.1, -0.05) is 28.9 Å². The van der Waals surface area contributed by atoms with Crippen LogP contribution in [0, 0.1) is 18.3 Å². The van der Waals surface area contributed by atoms with Gasteiger partial charge in [-0.2, -0.15) is 10.2 Å². The van der Waals surface area contributed by atoms with Crippen molar-refractivity contribution in [2.45, 2.75) is 26.7 Å². The fourth-order valence-electron chi connectivity index (χ4n) is 2.68. The SMILES string of the molecule is CC(=O)c1c(C)oc(NC(=O)CCc2nc(-c3ccccc3Cl)no2)c1C#N. The number of carbonyl (C=O) groups is 2. The zero-order chi connectivity index (χ0) is 20.3. The molecule has 2 heterocycles. The fourth-order valence-corrected chi connectivity index (χ4v) is 2.90. The second kappa shape index (κ2) is 8.06. The Morgan fingerprint density at radius 2 is 2.07 bits per heavy atom. The van der Waals surface area contributed by atoms with Crippen LogP contribution in [-0.4, -0.2) is 21.8 Å². The molecule has 1 amide bonds. The predicted molar refractivity (Wildman–Crippen MR) is 99.9 cm³/mol. The highest BCUT2D eigenvalue weighted by atomic mass is 35.5. The maximum absolute atomic E-state index is 12.2. The Kier molecular flexibility index (Phi) is 5.57. The number of halogens is 1. The third-order valence-corrected chi connectivity index (χ3v) is 4.28. The lowest BCUT2D eigenvalue weighted by Gasteiger charge is -2.00. The minimum absolute atomic E-state index is 0.0112. The van der Waals surface area contributed by atoms with Crippen LogP contribution in [0.5, 0.6) is 0 Å². The lowest BCUT2D eigenvalue weighted by Crippen LogP contribution is -2.13. The number of ketones is 1. The summed E-state index contributed by atoms with van der Waals surface area (Å²) >= 11 is 6.10. The Labute approximate surface area is 165 Å². The van der Waals surface area contributed by atoms with Gasteiger partial charge in [0.05, 0.1) is 10.6 Å². The minimum Gasteiger partial charge on any atom is -0.443 e. The van der Waals surface area contributed by atoms with Crippen LogP contribution in [0.3, 0.4) is 0 Å². The first-order valence-electron chi connectivity index (χ1n) is 8.32. The van der Waals surface area contributed by atoms with E-state index in [1.165, 1.54) is 6.92 Å². The number of nitrogens with one attached hydrogen (secondary N) is 1. The van der Waals surface area contributed by atoms with Gasteiger partial charge in [0, 0.05) is 18.4 Å². The van der Waals surface area contributed by atoms with Crippen LogP contribution in [-0.2, 0) is 11.2 Å². The summed E-state index contributed by atoms with van der Waals surface area (Å²) in [5.74, 6) is 0.110. The number of furan rings is 1. The van der Waals surface area contributed by atoms with E-state index < -0.39 is 5.91 Å². The molecule has 0 spiro atoms. The quantitative estimate of drug-likeness (QED) is 0.624. The maximum atomic E-state index is 12.2. The van der Waals surface area contributed by atoms with Crippen molar-refractivity contribution in [2.75, 3.05) is 5.32 Å². The number of aromatic nitrogens is 2. The van der Waals surface area contributed by atoms with Gasteiger partial charge in [0.25, 0.3) is 0 Å². The Hall–Kier alpha value is -3.44. The number of Topliss-reactive ketones (excluding diaryl/α,β-unsaturated/α-hetero) is 1. The predicted octanol–water partition coefficient (Wildman–Crippen LogP) is 3.94. The molecular weight excluding hydrogens is 384 g/mol. The molecule has 142 valence electrons. The molecule has 0 saturated carbocycles. The van der Waals surface area contributed by atoms with Crippen LogP contribution in [0.15, 0.2) is 33.2 Å². The molecule has 3 rings (SSSR count). The van der Waals surface area contributed by atoms with Gasteiger partial charge in [0.2, 0.25) is 23.5 Å². The number of rotatable bonds is 6. The number of aryl methyl sites for hydroxylation is 2. The van der Waals surface area contributed by atoms with E-state index in [2.05, 4.69) is 15.5 Å². The number of benzene rings is 1. The van der Waals surface area contributed by atoms with Crippen molar-refractivity contribution < 1.29 is 18.5 Å². The largest absolute Gasteiger partial charge is 0.443 e. The average Bonchev–Trinajstić information content (AvgIpc) is 3.24. The van der Waals surface area contributed by atoms with Gasteiger partial charge >= 0.3 is 0 Å².